The minimum atomic E-state index is -2.56. The lowest BCUT2D eigenvalue weighted by Crippen LogP contribution is -2.05. The van der Waals surface area contributed by atoms with Crippen molar-refractivity contribution in [3.63, 3.8) is 0 Å². The molecule has 0 aromatic heterocycles. The molecule has 0 spiro atoms. The van der Waals surface area contributed by atoms with Crippen LogP contribution in [-0.4, -0.2) is 15.2 Å². The van der Waals surface area contributed by atoms with Crippen LogP contribution in [0, 0.1) is 5.82 Å². The summed E-state index contributed by atoms with van der Waals surface area (Å²) < 4.78 is 36.7. The number of aryl methyl sites for hydroxylation is 2. The van der Waals surface area contributed by atoms with E-state index in [1.807, 2.05) is 22.9 Å². The number of anilines is 2. The highest BCUT2D eigenvalue weighted by Gasteiger charge is 2.04. The van der Waals surface area contributed by atoms with Crippen molar-refractivity contribution in [2.45, 2.75) is 12.8 Å². The normalized spacial score (nSPS) is 11.7. The smallest absolute Gasteiger partial charge is 0.211 e. The number of benzene rings is 2. The van der Waals surface area contributed by atoms with Gasteiger partial charge in [0.15, 0.2) is 0 Å². The van der Waals surface area contributed by atoms with Crippen molar-refractivity contribution in [1.29, 1.82) is 0 Å². The highest BCUT2D eigenvalue weighted by atomic mass is 32.2. The number of halogens is 1. The summed E-state index contributed by atoms with van der Waals surface area (Å²) in [7, 11) is 0. The fraction of sp³-hybridized carbons (Fsp3) is 0.133. The second kappa shape index (κ2) is 7.67. The molecule has 2 rings (SSSR count). The number of amides is 1. The molecule has 0 saturated heterocycles. The summed E-state index contributed by atoms with van der Waals surface area (Å²) in [6.45, 7) is 0. The second-order valence-corrected chi connectivity index (χ2v) is 5.29. The fourth-order valence-electron chi connectivity index (χ4n) is 2.07. The van der Waals surface area contributed by atoms with Gasteiger partial charge in [-0.1, -0.05) is 18.2 Å². The van der Waals surface area contributed by atoms with Crippen molar-refractivity contribution in [2.75, 3.05) is 10.0 Å². The molecule has 1 amide bonds. The molecule has 7 heteroatoms. The Hall–Kier alpha value is -2.25. The molecule has 22 heavy (non-hydrogen) atoms. The highest BCUT2D eigenvalue weighted by Crippen LogP contribution is 2.19. The summed E-state index contributed by atoms with van der Waals surface area (Å²) in [6, 6.07) is 11.7. The van der Waals surface area contributed by atoms with Crippen LogP contribution in [0.5, 0.6) is 0 Å². The zero-order valence-electron chi connectivity index (χ0n) is 11.5. The molecule has 0 aliphatic carbocycles. The zero-order valence-corrected chi connectivity index (χ0v) is 12.4. The second-order valence-electron chi connectivity index (χ2n) is 4.61. The van der Waals surface area contributed by atoms with Gasteiger partial charge in [-0.3, -0.25) is 9.00 Å². The molecular formula is C15H14FN2O3S-. The van der Waals surface area contributed by atoms with E-state index in [-0.39, 0.29) is 5.69 Å². The molecule has 2 aromatic rings. The van der Waals surface area contributed by atoms with E-state index in [0.717, 1.165) is 11.1 Å². The van der Waals surface area contributed by atoms with E-state index in [1.165, 1.54) is 12.1 Å². The summed E-state index contributed by atoms with van der Waals surface area (Å²) in [4.78, 5) is 10.4. The minimum Gasteiger partial charge on any atom is -0.755 e. The van der Waals surface area contributed by atoms with Crippen LogP contribution in [0.25, 0.3) is 0 Å². The number of nitrogens with one attached hydrogen (secondary N) is 2. The molecule has 116 valence electrons. The van der Waals surface area contributed by atoms with Gasteiger partial charge >= 0.3 is 0 Å². The van der Waals surface area contributed by atoms with Gasteiger partial charge in [-0.2, -0.15) is 0 Å². The predicted molar refractivity (Wildman–Crippen MR) is 82.5 cm³/mol. The van der Waals surface area contributed by atoms with Crippen LogP contribution in [0.15, 0.2) is 42.5 Å². The van der Waals surface area contributed by atoms with Gasteiger partial charge in [0.05, 0.1) is 5.69 Å². The van der Waals surface area contributed by atoms with Gasteiger partial charge in [0.25, 0.3) is 0 Å². The number of hydrogen-bond donors (Lipinski definition) is 2. The van der Waals surface area contributed by atoms with Crippen LogP contribution < -0.4 is 10.0 Å². The Bertz CT molecular complexity index is 694. The molecule has 0 fully saturated rings. The van der Waals surface area contributed by atoms with Gasteiger partial charge in [0.2, 0.25) is 6.41 Å². The number of rotatable bonds is 7. The third-order valence-corrected chi connectivity index (χ3v) is 3.47. The van der Waals surface area contributed by atoms with E-state index in [0.29, 0.717) is 24.9 Å². The monoisotopic (exact) mass is 321 g/mol. The van der Waals surface area contributed by atoms with Crippen molar-refractivity contribution < 1.29 is 17.9 Å². The zero-order chi connectivity index (χ0) is 15.9. The van der Waals surface area contributed by atoms with Crippen LogP contribution in [0.1, 0.15) is 11.1 Å². The summed E-state index contributed by atoms with van der Waals surface area (Å²) in [5.41, 5.74) is 2.46. The quantitative estimate of drug-likeness (QED) is 0.607. The van der Waals surface area contributed by atoms with Gasteiger partial charge in [-0.15, -0.1) is 0 Å². The van der Waals surface area contributed by atoms with Crippen LogP contribution in [0.3, 0.4) is 0 Å². The van der Waals surface area contributed by atoms with Crippen molar-refractivity contribution in [1.82, 2.24) is 0 Å². The van der Waals surface area contributed by atoms with E-state index < -0.39 is 17.1 Å². The van der Waals surface area contributed by atoms with Crippen LogP contribution in [0.4, 0.5) is 15.8 Å². The van der Waals surface area contributed by atoms with E-state index >= 15 is 0 Å². The Balaban J connectivity index is 2.06. The molecular weight excluding hydrogens is 307 g/mol. The Morgan fingerprint density at radius 2 is 1.86 bits per heavy atom. The third kappa shape index (κ3) is 4.64. The molecule has 0 aliphatic rings. The van der Waals surface area contributed by atoms with E-state index in [4.69, 9.17) is 0 Å². The van der Waals surface area contributed by atoms with Crippen molar-refractivity contribution in [3.8, 4) is 0 Å². The van der Waals surface area contributed by atoms with Crippen molar-refractivity contribution in [2.24, 2.45) is 0 Å². The maximum absolute atomic E-state index is 13.5. The lowest BCUT2D eigenvalue weighted by Gasteiger charge is -2.11. The van der Waals surface area contributed by atoms with Crippen molar-refractivity contribution in [3.05, 3.63) is 59.4 Å². The van der Waals surface area contributed by atoms with Gasteiger partial charge in [0.1, 0.15) is 5.82 Å². The first-order valence-corrected chi connectivity index (χ1v) is 7.59. The maximum atomic E-state index is 13.5. The summed E-state index contributed by atoms with van der Waals surface area (Å²) >= 11 is -2.56. The summed E-state index contributed by atoms with van der Waals surface area (Å²) in [6.07, 6.45) is 1.91. The van der Waals surface area contributed by atoms with Gasteiger partial charge in [0, 0.05) is 17.0 Å². The topological polar surface area (TPSA) is 81.3 Å². The summed E-state index contributed by atoms with van der Waals surface area (Å²) in [5.74, 6) is -0.620. The Kier molecular flexibility index (Phi) is 5.62. The maximum Gasteiger partial charge on any atom is 0.211 e. The molecule has 1 atom stereocenters. The largest absolute Gasteiger partial charge is 0.755 e. The molecule has 2 aromatic carbocycles. The number of carbonyl (C=O) groups excluding carboxylic acids is 1. The van der Waals surface area contributed by atoms with Crippen LogP contribution in [0.2, 0.25) is 0 Å². The van der Waals surface area contributed by atoms with Crippen molar-refractivity contribution >= 4 is 29.1 Å². The first-order valence-electron chi connectivity index (χ1n) is 6.52. The molecule has 0 heterocycles. The molecule has 1 unspecified atom stereocenters. The average Bonchev–Trinajstić information content (AvgIpc) is 2.48. The molecule has 2 N–H and O–H groups in total. The third-order valence-electron chi connectivity index (χ3n) is 3.08. The highest BCUT2D eigenvalue weighted by molar-refractivity contribution is 7.80. The minimum absolute atomic E-state index is 0.0674. The molecule has 0 radical (unpaired) electrons. The van der Waals surface area contributed by atoms with Gasteiger partial charge < -0.3 is 14.6 Å². The van der Waals surface area contributed by atoms with Gasteiger partial charge in [-0.05, 0) is 48.2 Å². The lowest BCUT2D eigenvalue weighted by molar-refractivity contribution is -0.105. The average molecular weight is 321 g/mol. The van der Waals surface area contributed by atoms with Crippen LogP contribution >= 0.6 is 0 Å². The first-order chi connectivity index (χ1) is 10.6. The standard InChI is InChI=1S/C15H15FN2O3S/c16-14-7-6-12(9-15(14)18-22(20)21)5-4-11-2-1-3-13(8-11)17-10-19/h1-3,6-10,18H,4-5H2,(H,17,19)(H,20,21)/p-1. The van der Waals surface area contributed by atoms with E-state index in [9.17, 15) is 17.9 Å². The lowest BCUT2D eigenvalue weighted by atomic mass is 10.0. The predicted octanol–water partition coefficient (Wildman–Crippen LogP) is 2.39. The summed E-state index contributed by atoms with van der Waals surface area (Å²) in [5, 5.41) is 2.58. The van der Waals surface area contributed by atoms with Gasteiger partial charge in [-0.25, -0.2) is 4.39 Å². The van der Waals surface area contributed by atoms with E-state index in [2.05, 4.69) is 5.32 Å². The fourth-order valence-corrected chi connectivity index (χ4v) is 2.41. The number of hydrogen-bond acceptors (Lipinski definition) is 3. The van der Waals surface area contributed by atoms with Crippen LogP contribution in [-0.2, 0) is 28.9 Å². The Labute approximate surface area is 130 Å². The first kappa shape index (κ1) is 16.1. The molecule has 0 bridgehead atoms. The molecule has 0 aliphatic heterocycles. The molecule has 0 saturated carbocycles. The molecule has 5 nitrogen and oxygen atoms in total. The number of carbonyl (C=O) groups is 1. The SMILES string of the molecule is O=CNc1cccc(CCc2ccc(F)c(NS(=O)[O-])c2)c1. The Morgan fingerprint density at radius 3 is 2.55 bits per heavy atom. The van der Waals surface area contributed by atoms with E-state index in [1.54, 1.807) is 12.1 Å². The Morgan fingerprint density at radius 1 is 1.14 bits per heavy atom.